The SMILES string of the molecule is c1ccc(N2CCN(c3nc(N4CCOCC4)nc(N4CCN(c5ccccc5)CC4)n3)CC2)cc1. The summed E-state index contributed by atoms with van der Waals surface area (Å²) >= 11 is 0. The van der Waals surface area contributed by atoms with Crippen molar-refractivity contribution in [2.45, 2.75) is 0 Å². The molecule has 3 saturated heterocycles. The third kappa shape index (κ3) is 5.02. The Morgan fingerprint density at radius 2 is 0.750 bits per heavy atom. The molecule has 0 bridgehead atoms. The molecule has 3 fully saturated rings. The van der Waals surface area contributed by atoms with Gasteiger partial charge in [-0.1, -0.05) is 36.4 Å². The van der Waals surface area contributed by atoms with Crippen molar-refractivity contribution >= 4 is 29.2 Å². The van der Waals surface area contributed by atoms with Gasteiger partial charge in [0.25, 0.3) is 0 Å². The molecule has 1 aromatic heterocycles. The Hall–Kier alpha value is -3.59. The topological polar surface area (TPSA) is 64.1 Å². The Bertz CT molecular complexity index is 1030. The van der Waals surface area contributed by atoms with Gasteiger partial charge in [0.15, 0.2) is 0 Å². The molecule has 0 atom stereocenters. The number of rotatable bonds is 5. The van der Waals surface area contributed by atoms with Gasteiger partial charge in [-0.2, -0.15) is 15.0 Å². The largest absolute Gasteiger partial charge is 0.378 e. The monoisotopic (exact) mass is 486 g/mol. The van der Waals surface area contributed by atoms with Gasteiger partial charge in [0, 0.05) is 76.8 Å². The molecule has 9 heteroatoms. The molecule has 0 aliphatic carbocycles. The molecule has 0 spiro atoms. The van der Waals surface area contributed by atoms with E-state index >= 15 is 0 Å². The highest BCUT2D eigenvalue weighted by Crippen LogP contribution is 2.24. The fourth-order valence-electron chi connectivity index (χ4n) is 5.14. The number of piperazine rings is 2. The highest BCUT2D eigenvalue weighted by molar-refractivity contribution is 5.52. The lowest BCUT2D eigenvalue weighted by Gasteiger charge is -2.38. The molecule has 0 N–H and O–H groups in total. The maximum absolute atomic E-state index is 5.58. The zero-order valence-electron chi connectivity index (χ0n) is 20.7. The number of anilines is 5. The Kier molecular flexibility index (Phi) is 6.71. The second-order valence-electron chi connectivity index (χ2n) is 9.45. The fourth-order valence-corrected chi connectivity index (χ4v) is 5.14. The summed E-state index contributed by atoms with van der Waals surface area (Å²) in [5, 5.41) is 0. The minimum absolute atomic E-state index is 0.710. The number of morpholine rings is 1. The van der Waals surface area contributed by atoms with E-state index in [2.05, 4.69) is 85.2 Å². The maximum Gasteiger partial charge on any atom is 0.232 e. The number of ether oxygens (including phenoxy) is 1. The van der Waals surface area contributed by atoms with Gasteiger partial charge >= 0.3 is 0 Å². The molecule has 6 rings (SSSR count). The molecule has 0 saturated carbocycles. The van der Waals surface area contributed by atoms with Crippen LogP contribution in [0.1, 0.15) is 0 Å². The van der Waals surface area contributed by atoms with Crippen molar-refractivity contribution in [3.8, 4) is 0 Å². The van der Waals surface area contributed by atoms with Crippen molar-refractivity contribution in [1.82, 2.24) is 15.0 Å². The van der Waals surface area contributed by atoms with Crippen molar-refractivity contribution < 1.29 is 4.74 Å². The molecule has 3 aromatic rings. The van der Waals surface area contributed by atoms with Crippen LogP contribution in [0.5, 0.6) is 0 Å². The molecule has 2 aromatic carbocycles. The van der Waals surface area contributed by atoms with Gasteiger partial charge < -0.3 is 29.2 Å². The van der Waals surface area contributed by atoms with Crippen LogP contribution in [-0.2, 0) is 4.74 Å². The molecule has 9 nitrogen and oxygen atoms in total. The predicted octanol–water partition coefficient (Wildman–Crippen LogP) is 2.36. The lowest BCUT2D eigenvalue weighted by atomic mass is 10.2. The number of para-hydroxylation sites is 2. The summed E-state index contributed by atoms with van der Waals surface area (Å²) < 4.78 is 5.58. The molecular formula is C27H34N8O. The lowest BCUT2D eigenvalue weighted by molar-refractivity contribution is 0.122. The van der Waals surface area contributed by atoms with Crippen molar-refractivity contribution in [2.75, 3.05) is 103 Å². The third-order valence-electron chi connectivity index (χ3n) is 7.26. The lowest BCUT2D eigenvalue weighted by Crippen LogP contribution is -2.49. The van der Waals surface area contributed by atoms with Crippen LogP contribution in [0.2, 0.25) is 0 Å². The first-order valence-electron chi connectivity index (χ1n) is 13.0. The van der Waals surface area contributed by atoms with E-state index < -0.39 is 0 Å². The Labute approximate surface area is 212 Å². The van der Waals surface area contributed by atoms with Crippen LogP contribution in [0, 0.1) is 0 Å². The van der Waals surface area contributed by atoms with E-state index in [1.807, 2.05) is 0 Å². The van der Waals surface area contributed by atoms with Gasteiger partial charge in [-0.05, 0) is 24.3 Å². The number of nitrogens with zero attached hydrogens (tertiary/aromatic N) is 8. The van der Waals surface area contributed by atoms with E-state index in [0.29, 0.717) is 13.2 Å². The molecule has 0 unspecified atom stereocenters. The van der Waals surface area contributed by atoms with E-state index in [0.717, 1.165) is 83.3 Å². The van der Waals surface area contributed by atoms with E-state index in [1.165, 1.54) is 11.4 Å². The fraction of sp³-hybridized carbons (Fsp3) is 0.444. The van der Waals surface area contributed by atoms with E-state index in [4.69, 9.17) is 19.7 Å². The average molecular weight is 487 g/mol. The Balaban J connectivity index is 1.20. The summed E-state index contributed by atoms with van der Waals surface area (Å²) in [5.74, 6) is 2.36. The van der Waals surface area contributed by atoms with Crippen LogP contribution in [-0.4, -0.2) is 93.6 Å². The number of hydrogen-bond acceptors (Lipinski definition) is 9. The summed E-state index contributed by atoms with van der Waals surface area (Å²) in [7, 11) is 0. The van der Waals surface area contributed by atoms with Gasteiger partial charge in [-0.3, -0.25) is 0 Å². The van der Waals surface area contributed by atoms with Gasteiger partial charge in [-0.25, -0.2) is 0 Å². The van der Waals surface area contributed by atoms with E-state index in [9.17, 15) is 0 Å². The minimum Gasteiger partial charge on any atom is -0.378 e. The number of hydrogen-bond donors (Lipinski definition) is 0. The zero-order valence-corrected chi connectivity index (χ0v) is 20.7. The first-order valence-corrected chi connectivity index (χ1v) is 13.0. The Morgan fingerprint density at radius 3 is 1.14 bits per heavy atom. The third-order valence-corrected chi connectivity index (χ3v) is 7.26. The smallest absolute Gasteiger partial charge is 0.232 e. The van der Waals surface area contributed by atoms with Crippen molar-refractivity contribution in [2.24, 2.45) is 0 Å². The molecule has 36 heavy (non-hydrogen) atoms. The second-order valence-corrected chi connectivity index (χ2v) is 9.45. The minimum atomic E-state index is 0.710. The van der Waals surface area contributed by atoms with E-state index in [-0.39, 0.29) is 0 Å². The summed E-state index contributed by atoms with van der Waals surface area (Å²) in [4.78, 5) is 26.6. The summed E-state index contributed by atoms with van der Waals surface area (Å²) in [6, 6.07) is 21.3. The molecular weight excluding hydrogens is 452 g/mol. The number of aromatic nitrogens is 3. The molecule has 3 aliphatic rings. The van der Waals surface area contributed by atoms with Crippen LogP contribution in [0.3, 0.4) is 0 Å². The average Bonchev–Trinajstić information content (AvgIpc) is 2.98. The summed E-state index contributed by atoms with van der Waals surface area (Å²) in [6.07, 6.45) is 0. The van der Waals surface area contributed by atoms with Gasteiger partial charge in [0.2, 0.25) is 17.8 Å². The van der Waals surface area contributed by atoms with Gasteiger partial charge in [-0.15, -0.1) is 0 Å². The number of benzene rings is 2. The van der Waals surface area contributed by atoms with Crippen LogP contribution in [0.25, 0.3) is 0 Å². The first-order chi connectivity index (χ1) is 17.8. The highest BCUT2D eigenvalue weighted by atomic mass is 16.5. The van der Waals surface area contributed by atoms with Crippen molar-refractivity contribution in [3.63, 3.8) is 0 Å². The van der Waals surface area contributed by atoms with Crippen molar-refractivity contribution in [1.29, 1.82) is 0 Å². The second kappa shape index (κ2) is 10.6. The van der Waals surface area contributed by atoms with Gasteiger partial charge in [0.05, 0.1) is 13.2 Å². The van der Waals surface area contributed by atoms with Crippen LogP contribution in [0.4, 0.5) is 29.2 Å². The first kappa shape index (κ1) is 22.8. The molecule has 3 aliphatic heterocycles. The van der Waals surface area contributed by atoms with E-state index in [1.54, 1.807) is 0 Å². The standard InChI is InChI=1S/C27H34N8O/c1-3-7-23(8-4-1)31-11-15-33(16-12-31)25-28-26(30-27(29-25)35-19-21-36-22-20-35)34-17-13-32(14-18-34)24-9-5-2-6-10-24/h1-10H,11-22H2. The quantitative estimate of drug-likeness (QED) is 0.541. The molecule has 0 radical (unpaired) electrons. The zero-order chi connectivity index (χ0) is 24.2. The van der Waals surface area contributed by atoms with Gasteiger partial charge in [0.1, 0.15) is 0 Å². The predicted molar refractivity (Wildman–Crippen MR) is 145 cm³/mol. The summed E-state index contributed by atoms with van der Waals surface area (Å²) in [6.45, 7) is 10.4. The Morgan fingerprint density at radius 1 is 0.417 bits per heavy atom. The summed E-state index contributed by atoms with van der Waals surface area (Å²) in [5.41, 5.74) is 2.55. The normalized spacial score (nSPS) is 19.1. The van der Waals surface area contributed by atoms with Crippen LogP contribution < -0.4 is 24.5 Å². The molecule has 188 valence electrons. The van der Waals surface area contributed by atoms with Crippen LogP contribution in [0.15, 0.2) is 60.7 Å². The van der Waals surface area contributed by atoms with Crippen molar-refractivity contribution in [3.05, 3.63) is 60.7 Å². The molecule has 0 amide bonds. The highest BCUT2D eigenvalue weighted by Gasteiger charge is 2.26. The van der Waals surface area contributed by atoms with Crippen LogP contribution >= 0.6 is 0 Å². The molecule has 4 heterocycles. The maximum atomic E-state index is 5.58.